The summed E-state index contributed by atoms with van der Waals surface area (Å²) in [4.78, 5) is 13.8. The Balaban J connectivity index is 1.52. The van der Waals surface area contributed by atoms with Gasteiger partial charge < -0.3 is 14.4 Å². The van der Waals surface area contributed by atoms with E-state index in [1.807, 2.05) is 6.33 Å². The molecule has 24 heavy (non-hydrogen) atoms. The highest BCUT2D eigenvalue weighted by atomic mass is 15.3. The molecule has 2 aliphatic heterocycles. The number of anilines is 2. The zero-order valence-electron chi connectivity index (χ0n) is 14.3. The summed E-state index contributed by atoms with van der Waals surface area (Å²) in [7, 11) is 0. The van der Waals surface area contributed by atoms with Crippen molar-refractivity contribution in [1.29, 1.82) is 0 Å². The van der Waals surface area contributed by atoms with Crippen LogP contribution in [-0.4, -0.2) is 50.9 Å². The summed E-state index contributed by atoms with van der Waals surface area (Å²) < 4.78 is 2.16. The standard InChI is InChI=1S/C17H25N7/c1-2-22-13-20-21-17(22)14-6-5-9-24(11-14)16-10-15(18-12-19-16)23-7-3-4-8-23/h10,12-14H,2-9,11H2,1H3/t14-/m1/s1. The third-order valence-electron chi connectivity index (χ3n) is 5.16. The molecule has 1 atom stereocenters. The number of rotatable bonds is 4. The van der Waals surface area contributed by atoms with Gasteiger partial charge in [-0.2, -0.15) is 0 Å². The lowest BCUT2D eigenvalue weighted by atomic mass is 9.97. The second-order valence-electron chi connectivity index (χ2n) is 6.69. The van der Waals surface area contributed by atoms with E-state index in [2.05, 4.69) is 47.5 Å². The van der Waals surface area contributed by atoms with E-state index in [1.54, 1.807) is 6.33 Å². The van der Waals surface area contributed by atoms with E-state index in [-0.39, 0.29) is 0 Å². The van der Waals surface area contributed by atoms with Crippen molar-refractivity contribution in [3.05, 3.63) is 24.5 Å². The van der Waals surface area contributed by atoms with Crippen LogP contribution in [0, 0.1) is 0 Å². The molecule has 0 amide bonds. The van der Waals surface area contributed by atoms with Gasteiger partial charge in [0.25, 0.3) is 0 Å². The average Bonchev–Trinajstić information content (AvgIpc) is 3.33. The Morgan fingerprint density at radius 3 is 2.58 bits per heavy atom. The largest absolute Gasteiger partial charge is 0.356 e. The van der Waals surface area contributed by atoms with Crippen molar-refractivity contribution in [2.75, 3.05) is 36.0 Å². The van der Waals surface area contributed by atoms with Gasteiger partial charge in [-0.05, 0) is 32.6 Å². The summed E-state index contributed by atoms with van der Waals surface area (Å²) in [5.74, 6) is 3.64. The van der Waals surface area contributed by atoms with Crippen LogP contribution in [0.3, 0.4) is 0 Å². The Bertz CT molecular complexity index is 677. The quantitative estimate of drug-likeness (QED) is 0.857. The molecule has 0 N–H and O–H groups in total. The summed E-state index contributed by atoms with van der Waals surface area (Å²) in [6, 6.07) is 2.15. The molecule has 0 unspecified atom stereocenters. The van der Waals surface area contributed by atoms with E-state index >= 15 is 0 Å². The lowest BCUT2D eigenvalue weighted by Gasteiger charge is -2.33. The van der Waals surface area contributed by atoms with Crippen LogP contribution < -0.4 is 9.80 Å². The molecule has 2 aromatic rings. The molecule has 0 aromatic carbocycles. The molecular formula is C17H25N7. The van der Waals surface area contributed by atoms with E-state index in [9.17, 15) is 0 Å². The number of hydrogen-bond donors (Lipinski definition) is 0. The van der Waals surface area contributed by atoms with E-state index in [0.29, 0.717) is 5.92 Å². The molecule has 2 saturated heterocycles. The van der Waals surface area contributed by atoms with Crippen molar-refractivity contribution in [3.8, 4) is 0 Å². The molecule has 128 valence electrons. The second-order valence-corrected chi connectivity index (χ2v) is 6.69. The summed E-state index contributed by atoms with van der Waals surface area (Å²) >= 11 is 0. The van der Waals surface area contributed by atoms with Crippen LogP contribution >= 0.6 is 0 Å². The van der Waals surface area contributed by atoms with Crippen LogP contribution in [0.2, 0.25) is 0 Å². The predicted molar refractivity (Wildman–Crippen MR) is 93.4 cm³/mol. The smallest absolute Gasteiger partial charge is 0.137 e. The van der Waals surface area contributed by atoms with Gasteiger partial charge in [-0.15, -0.1) is 10.2 Å². The maximum Gasteiger partial charge on any atom is 0.137 e. The van der Waals surface area contributed by atoms with Crippen LogP contribution in [0.1, 0.15) is 44.3 Å². The summed E-state index contributed by atoms with van der Waals surface area (Å²) in [6.07, 6.45) is 8.39. The zero-order chi connectivity index (χ0) is 16.4. The van der Waals surface area contributed by atoms with Crippen molar-refractivity contribution in [3.63, 3.8) is 0 Å². The highest BCUT2D eigenvalue weighted by Gasteiger charge is 2.26. The zero-order valence-corrected chi connectivity index (χ0v) is 14.3. The third-order valence-corrected chi connectivity index (χ3v) is 5.16. The first-order valence-electron chi connectivity index (χ1n) is 9.05. The van der Waals surface area contributed by atoms with Crippen LogP contribution in [0.4, 0.5) is 11.6 Å². The molecule has 0 spiro atoms. The van der Waals surface area contributed by atoms with E-state index in [1.165, 1.54) is 19.3 Å². The number of hydrogen-bond acceptors (Lipinski definition) is 6. The van der Waals surface area contributed by atoms with E-state index in [4.69, 9.17) is 0 Å². The topological polar surface area (TPSA) is 63.0 Å². The molecule has 4 rings (SSSR count). The number of piperidine rings is 1. The second kappa shape index (κ2) is 6.75. The monoisotopic (exact) mass is 327 g/mol. The molecule has 2 fully saturated rings. The van der Waals surface area contributed by atoms with Crippen molar-refractivity contribution >= 4 is 11.6 Å². The van der Waals surface area contributed by atoms with E-state index in [0.717, 1.165) is 56.6 Å². The fraction of sp³-hybridized carbons (Fsp3) is 0.647. The van der Waals surface area contributed by atoms with Crippen molar-refractivity contribution in [1.82, 2.24) is 24.7 Å². The van der Waals surface area contributed by atoms with Gasteiger partial charge in [0.15, 0.2) is 0 Å². The Morgan fingerprint density at radius 1 is 1.04 bits per heavy atom. The summed E-state index contributed by atoms with van der Waals surface area (Å²) in [6.45, 7) is 7.28. The van der Waals surface area contributed by atoms with Gasteiger partial charge in [-0.25, -0.2) is 9.97 Å². The highest BCUT2D eigenvalue weighted by Crippen LogP contribution is 2.29. The van der Waals surface area contributed by atoms with Gasteiger partial charge in [0.05, 0.1) is 0 Å². The molecule has 7 heteroatoms. The Hall–Kier alpha value is -2.18. The first-order chi connectivity index (χ1) is 11.8. The van der Waals surface area contributed by atoms with Gasteiger partial charge in [-0.3, -0.25) is 0 Å². The molecule has 0 saturated carbocycles. The third kappa shape index (κ3) is 2.95. The lowest BCUT2D eigenvalue weighted by Crippen LogP contribution is -2.36. The number of nitrogens with zero attached hydrogens (tertiary/aromatic N) is 7. The Morgan fingerprint density at radius 2 is 1.79 bits per heavy atom. The van der Waals surface area contributed by atoms with Crippen LogP contribution in [0.15, 0.2) is 18.7 Å². The van der Waals surface area contributed by atoms with Gasteiger partial charge >= 0.3 is 0 Å². The molecule has 2 aromatic heterocycles. The Labute approximate surface area is 142 Å². The van der Waals surface area contributed by atoms with Crippen molar-refractivity contribution in [2.45, 2.75) is 45.1 Å². The fourth-order valence-electron chi connectivity index (χ4n) is 3.85. The minimum Gasteiger partial charge on any atom is -0.356 e. The SMILES string of the molecule is CCn1cnnc1[C@@H]1CCCN(c2cc(N3CCCC3)ncn2)C1. The molecule has 0 aliphatic carbocycles. The Kier molecular flexibility index (Phi) is 4.32. The van der Waals surface area contributed by atoms with Crippen LogP contribution in [-0.2, 0) is 6.54 Å². The maximum absolute atomic E-state index is 4.54. The molecular weight excluding hydrogens is 302 g/mol. The first kappa shape index (κ1) is 15.4. The molecule has 0 radical (unpaired) electrons. The van der Waals surface area contributed by atoms with Crippen LogP contribution in [0.25, 0.3) is 0 Å². The van der Waals surface area contributed by atoms with Gasteiger partial charge in [0, 0.05) is 44.7 Å². The average molecular weight is 327 g/mol. The normalized spacial score (nSPS) is 21.5. The maximum atomic E-state index is 4.54. The molecule has 4 heterocycles. The summed E-state index contributed by atoms with van der Waals surface area (Å²) in [5.41, 5.74) is 0. The molecule has 0 bridgehead atoms. The molecule has 2 aliphatic rings. The number of aromatic nitrogens is 5. The van der Waals surface area contributed by atoms with Gasteiger partial charge in [0.2, 0.25) is 0 Å². The lowest BCUT2D eigenvalue weighted by molar-refractivity contribution is 0.471. The van der Waals surface area contributed by atoms with Crippen LogP contribution in [0.5, 0.6) is 0 Å². The minimum atomic E-state index is 0.423. The molecule has 7 nitrogen and oxygen atoms in total. The minimum absolute atomic E-state index is 0.423. The first-order valence-corrected chi connectivity index (χ1v) is 9.05. The van der Waals surface area contributed by atoms with Crippen molar-refractivity contribution in [2.24, 2.45) is 0 Å². The number of aryl methyl sites for hydroxylation is 1. The summed E-state index contributed by atoms with van der Waals surface area (Å²) in [5, 5.41) is 8.46. The fourth-order valence-corrected chi connectivity index (χ4v) is 3.85. The van der Waals surface area contributed by atoms with E-state index < -0.39 is 0 Å². The van der Waals surface area contributed by atoms with Crippen molar-refractivity contribution < 1.29 is 0 Å². The van der Waals surface area contributed by atoms with Gasteiger partial charge in [0.1, 0.15) is 30.1 Å². The predicted octanol–water partition coefficient (Wildman–Crippen LogP) is 2.07. The van der Waals surface area contributed by atoms with Gasteiger partial charge in [-0.1, -0.05) is 0 Å². The highest BCUT2D eigenvalue weighted by molar-refractivity contribution is 5.51.